The first-order chi connectivity index (χ1) is 10.1. The number of anilines is 1. The van der Waals surface area contributed by atoms with Crippen LogP contribution >= 0.6 is 0 Å². The molecule has 1 aromatic carbocycles. The molecule has 0 spiro atoms. The van der Waals surface area contributed by atoms with Crippen LogP contribution in [-0.4, -0.2) is 43.6 Å². The number of hydrogen-bond acceptors (Lipinski definition) is 4. The van der Waals surface area contributed by atoms with Crippen molar-refractivity contribution in [2.75, 3.05) is 38.5 Å². The van der Waals surface area contributed by atoms with Gasteiger partial charge in [0, 0.05) is 13.1 Å². The molecule has 0 saturated heterocycles. The number of rotatable bonds is 9. The van der Waals surface area contributed by atoms with Crippen LogP contribution in [0.4, 0.5) is 5.69 Å². The maximum absolute atomic E-state index is 12.3. The molecule has 0 atom stereocenters. The Morgan fingerprint density at radius 1 is 1.29 bits per heavy atom. The molecule has 0 heterocycles. The molecule has 3 N–H and O–H groups in total. The molecule has 0 aliphatic heterocycles. The van der Waals surface area contributed by atoms with E-state index in [2.05, 4.69) is 24.1 Å². The van der Waals surface area contributed by atoms with E-state index >= 15 is 0 Å². The molecule has 0 aliphatic carbocycles. The second-order valence-electron chi connectivity index (χ2n) is 4.85. The number of carbonyl (C=O) groups excluding carboxylic acids is 1. The van der Waals surface area contributed by atoms with Crippen molar-refractivity contribution in [2.24, 2.45) is 0 Å². The van der Waals surface area contributed by atoms with E-state index < -0.39 is 0 Å². The zero-order valence-electron chi connectivity index (χ0n) is 13.3. The Hall–Kier alpha value is -1.75. The number of carbonyl (C=O) groups is 1. The molecule has 0 aliphatic rings. The summed E-state index contributed by atoms with van der Waals surface area (Å²) >= 11 is 0. The Morgan fingerprint density at radius 3 is 2.67 bits per heavy atom. The molecule has 0 radical (unpaired) electrons. The van der Waals surface area contributed by atoms with E-state index in [9.17, 15) is 4.79 Å². The van der Waals surface area contributed by atoms with Crippen molar-refractivity contribution in [2.45, 2.75) is 27.2 Å². The van der Waals surface area contributed by atoms with Crippen molar-refractivity contribution in [1.29, 1.82) is 0 Å². The van der Waals surface area contributed by atoms with Gasteiger partial charge in [-0.15, -0.1) is 0 Å². The van der Waals surface area contributed by atoms with Gasteiger partial charge in [0.25, 0.3) is 5.91 Å². The fourth-order valence-corrected chi connectivity index (χ4v) is 2.21. The number of para-hydroxylation sites is 1. The first-order valence-corrected chi connectivity index (χ1v) is 7.65. The summed E-state index contributed by atoms with van der Waals surface area (Å²) in [6, 6.07) is 5.24. The average Bonchev–Trinajstić information content (AvgIpc) is 2.48. The van der Waals surface area contributed by atoms with Crippen LogP contribution in [0.3, 0.4) is 0 Å². The summed E-state index contributed by atoms with van der Waals surface area (Å²) in [5.41, 5.74) is 6.86. The van der Waals surface area contributed by atoms with Crippen LogP contribution in [0.25, 0.3) is 0 Å². The van der Waals surface area contributed by atoms with Crippen LogP contribution in [0.2, 0.25) is 0 Å². The van der Waals surface area contributed by atoms with Crippen molar-refractivity contribution in [3.05, 3.63) is 23.8 Å². The molecule has 0 bridgehead atoms. The van der Waals surface area contributed by atoms with E-state index in [1.165, 1.54) is 0 Å². The summed E-state index contributed by atoms with van der Waals surface area (Å²) in [7, 11) is 0. The lowest BCUT2D eigenvalue weighted by molar-refractivity contribution is 0.0945. The molecule has 0 fully saturated rings. The third-order valence-corrected chi connectivity index (χ3v) is 3.28. The van der Waals surface area contributed by atoms with E-state index in [1.54, 1.807) is 18.2 Å². The quantitative estimate of drug-likeness (QED) is 0.684. The molecular weight excluding hydrogens is 266 g/mol. The molecule has 5 nitrogen and oxygen atoms in total. The van der Waals surface area contributed by atoms with Crippen LogP contribution in [0.15, 0.2) is 18.2 Å². The topological polar surface area (TPSA) is 67.6 Å². The minimum atomic E-state index is -0.140. The summed E-state index contributed by atoms with van der Waals surface area (Å²) in [5.74, 6) is 0.330. The second kappa shape index (κ2) is 9.23. The average molecular weight is 293 g/mol. The van der Waals surface area contributed by atoms with Gasteiger partial charge in [-0.25, -0.2) is 0 Å². The molecule has 5 heteroatoms. The number of nitrogens with one attached hydrogen (secondary N) is 1. The van der Waals surface area contributed by atoms with Gasteiger partial charge in [-0.1, -0.05) is 19.9 Å². The van der Waals surface area contributed by atoms with Gasteiger partial charge in [-0.05, 0) is 38.6 Å². The van der Waals surface area contributed by atoms with Crippen LogP contribution in [0.1, 0.15) is 37.6 Å². The van der Waals surface area contributed by atoms with Crippen molar-refractivity contribution in [3.8, 4) is 5.75 Å². The van der Waals surface area contributed by atoms with Gasteiger partial charge in [0.15, 0.2) is 5.75 Å². The zero-order chi connectivity index (χ0) is 15.7. The van der Waals surface area contributed by atoms with E-state index in [0.717, 1.165) is 26.1 Å². The van der Waals surface area contributed by atoms with Gasteiger partial charge >= 0.3 is 0 Å². The number of hydrogen-bond donors (Lipinski definition) is 2. The van der Waals surface area contributed by atoms with Crippen LogP contribution in [0.5, 0.6) is 5.75 Å². The lowest BCUT2D eigenvalue weighted by atomic mass is 10.1. The van der Waals surface area contributed by atoms with Crippen molar-refractivity contribution in [3.63, 3.8) is 0 Å². The van der Waals surface area contributed by atoms with Gasteiger partial charge < -0.3 is 20.7 Å². The Balaban J connectivity index is 2.61. The number of nitrogens with zero attached hydrogens (tertiary/aromatic N) is 1. The highest BCUT2D eigenvalue weighted by Crippen LogP contribution is 2.26. The van der Waals surface area contributed by atoms with Gasteiger partial charge in [-0.3, -0.25) is 4.79 Å². The lowest BCUT2D eigenvalue weighted by Gasteiger charge is -2.19. The number of nitrogen functional groups attached to an aromatic ring is 1. The number of ether oxygens (including phenoxy) is 1. The number of benzene rings is 1. The van der Waals surface area contributed by atoms with Crippen LogP contribution in [-0.2, 0) is 0 Å². The zero-order valence-corrected chi connectivity index (χ0v) is 13.3. The summed E-state index contributed by atoms with van der Waals surface area (Å²) in [6.45, 7) is 10.1. The molecule has 1 rings (SSSR count). The van der Waals surface area contributed by atoms with Gasteiger partial charge in [-0.2, -0.15) is 0 Å². The number of likely N-dealkylation sites (N-methyl/N-ethyl adjacent to an activating group) is 1. The van der Waals surface area contributed by atoms with Gasteiger partial charge in [0.05, 0.1) is 17.9 Å². The summed E-state index contributed by atoms with van der Waals surface area (Å²) in [5, 5.41) is 2.93. The number of amides is 1. The standard InChI is InChI=1S/C16H27N3O2/c1-4-11-19(5-2)12-10-18-16(20)13-8-7-9-14(17)15(13)21-6-3/h7-9H,4-6,10-12,17H2,1-3H3,(H,18,20). The van der Waals surface area contributed by atoms with E-state index in [0.29, 0.717) is 30.2 Å². The predicted octanol–water partition coefficient (Wildman–Crippen LogP) is 2.13. The highest BCUT2D eigenvalue weighted by atomic mass is 16.5. The maximum atomic E-state index is 12.3. The van der Waals surface area contributed by atoms with Crippen molar-refractivity contribution in [1.82, 2.24) is 10.2 Å². The molecule has 21 heavy (non-hydrogen) atoms. The van der Waals surface area contributed by atoms with E-state index in [4.69, 9.17) is 10.5 Å². The molecule has 0 saturated carbocycles. The molecule has 1 amide bonds. The second-order valence-corrected chi connectivity index (χ2v) is 4.85. The molecule has 0 unspecified atom stereocenters. The third kappa shape index (κ3) is 5.27. The largest absolute Gasteiger partial charge is 0.491 e. The number of nitrogens with two attached hydrogens (primary N) is 1. The van der Waals surface area contributed by atoms with Crippen molar-refractivity contribution >= 4 is 11.6 Å². The minimum absolute atomic E-state index is 0.140. The minimum Gasteiger partial charge on any atom is -0.491 e. The fourth-order valence-electron chi connectivity index (χ4n) is 2.21. The Bertz CT molecular complexity index is 449. The Labute approximate surface area is 127 Å². The Kier molecular flexibility index (Phi) is 7.61. The lowest BCUT2D eigenvalue weighted by Crippen LogP contribution is -2.35. The highest BCUT2D eigenvalue weighted by Gasteiger charge is 2.14. The molecule has 0 aromatic heterocycles. The van der Waals surface area contributed by atoms with Crippen LogP contribution in [0, 0.1) is 0 Å². The highest BCUT2D eigenvalue weighted by molar-refractivity contribution is 5.98. The summed E-state index contributed by atoms with van der Waals surface area (Å²) < 4.78 is 5.48. The summed E-state index contributed by atoms with van der Waals surface area (Å²) in [6.07, 6.45) is 1.12. The SMILES string of the molecule is CCCN(CC)CCNC(=O)c1cccc(N)c1OCC. The van der Waals surface area contributed by atoms with Crippen LogP contribution < -0.4 is 15.8 Å². The smallest absolute Gasteiger partial charge is 0.255 e. The normalized spacial score (nSPS) is 10.7. The monoisotopic (exact) mass is 293 g/mol. The first kappa shape index (κ1) is 17.3. The Morgan fingerprint density at radius 2 is 2.05 bits per heavy atom. The van der Waals surface area contributed by atoms with E-state index in [-0.39, 0.29) is 5.91 Å². The fraction of sp³-hybridized carbons (Fsp3) is 0.562. The third-order valence-electron chi connectivity index (χ3n) is 3.28. The van der Waals surface area contributed by atoms with Gasteiger partial charge in [0.2, 0.25) is 0 Å². The molecular formula is C16H27N3O2. The summed E-state index contributed by atoms with van der Waals surface area (Å²) in [4.78, 5) is 14.6. The maximum Gasteiger partial charge on any atom is 0.255 e. The predicted molar refractivity (Wildman–Crippen MR) is 86.8 cm³/mol. The molecule has 1 aromatic rings. The first-order valence-electron chi connectivity index (χ1n) is 7.65. The van der Waals surface area contributed by atoms with Gasteiger partial charge in [0.1, 0.15) is 0 Å². The van der Waals surface area contributed by atoms with Crippen molar-refractivity contribution < 1.29 is 9.53 Å². The molecule has 118 valence electrons. The van der Waals surface area contributed by atoms with E-state index in [1.807, 2.05) is 6.92 Å².